The van der Waals surface area contributed by atoms with E-state index in [-0.39, 0.29) is 18.1 Å². The van der Waals surface area contributed by atoms with Crippen LogP contribution in [0.1, 0.15) is 38.5 Å². The van der Waals surface area contributed by atoms with Crippen LogP contribution in [0.3, 0.4) is 0 Å². The molecule has 0 unspecified atom stereocenters. The fourth-order valence-corrected chi connectivity index (χ4v) is 3.10. The molecule has 110 valence electrons. The Hall–Kier alpha value is -0.650. The highest BCUT2D eigenvalue weighted by atomic mass is 16.5. The molecule has 5 heteroatoms. The van der Waals surface area contributed by atoms with Crippen molar-refractivity contribution in [2.75, 3.05) is 26.7 Å². The van der Waals surface area contributed by atoms with E-state index < -0.39 is 6.10 Å². The second kappa shape index (κ2) is 7.22. The molecule has 1 saturated carbocycles. The van der Waals surface area contributed by atoms with Crippen LogP contribution in [0.5, 0.6) is 0 Å². The van der Waals surface area contributed by atoms with Crippen molar-refractivity contribution < 1.29 is 14.6 Å². The Morgan fingerprint density at radius 1 is 1.32 bits per heavy atom. The summed E-state index contributed by atoms with van der Waals surface area (Å²) in [6.07, 6.45) is 5.02. The lowest BCUT2D eigenvalue weighted by Crippen LogP contribution is -2.51. The van der Waals surface area contributed by atoms with Gasteiger partial charge in [0.15, 0.2) is 0 Å². The van der Waals surface area contributed by atoms with Gasteiger partial charge in [0, 0.05) is 20.1 Å². The van der Waals surface area contributed by atoms with Crippen molar-refractivity contribution in [1.82, 2.24) is 10.2 Å². The first-order valence-corrected chi connectivity index (χ1v) is 7.43. The maximum absolute atomic E-state index is 11.9. The number of nitrogens with one attached hydrogen (secondary N) is 1. The number of likely N-dealkylation sites (tertiary alicyclic amines) is 1. The number of carbonyl (C=O) groups is 1. The van der Waals surface area contributed by atoms with E-state index in [0.717, 1.165) is 38.9 Å². The van der Waals surface area contributed by atoms with Crippen LogP contribution in [0.4, 0.5) is 0 Å². The van der Waals surface area contributed by atoms with Gasteiger partial charge in [0.1, 0.15) is 6.10 Å². The predicted molar refractivity (Wildman–Crippen MR) is 72.9 cm³/mol. The van der Waals surface area contributed by atoms with Gasteiger partial charge in [-0.3, -0.25) is 4.79 Å². The Morgan fingerprint density at radius 3 is 2.74 bits per heavy atom. The first-order chi connectivity index (χ1) is 9.20. The second-order valence-corrected chi connectivity index (χ2v) is 5.67. The summed E-state index contributed by atoms with van der Waals surface area (Å²) >= 11 is 0. The van der Waals surface area contributed by atoms with Gasteiger partial charge in [0.25, 0.3) is 0 Å². The smallest absolute Gasteiger partial charge is 0.221 e. The quantitative estimate of drug-likeness (QED) is 0.764. The Balaban J connectivity index is 1.71. The van der Waals surface area contributed by atoms with Gasteiger partial charge in [-0.1, -0.05) is 0 Å². The van der Waals surface area contributed by atoms with Crippen molar-refractivity contribution in [3.63, 3.8) is 0 Å². The molecule has 0 bridgehead atoms. The third kappa shape index (κ3) is 4.16. The Labute approximate surface area is 115 Å². The summed E-state index contributed by atoms with van der Waals surface area (Å²) < 4.78 is 5.25. The molecule has 0 aromatic rings. The standard InChI is InChI=1S/C14H26N2O3/c1-19-12-6-4-5-11(14(12)18)15-13(17)7-10-16-8-2-3-9-16/h11-12,14,18H,2-10H2,1H3,(H,15,17)/t11-,12-,14-/m1/s1. The minimum absolute atomic E-state index is 0.0488. The van der Waals surface area contributed by atoms with Gasteiger partial charge in [0.05, 0.1) is 12.1 Å². The normalized spacial score (nSPS) is 32.4. The van der Waals surface area contributed by atoms with Gasteiger partial charge < -0.3 is 20.1 Å². The minimum atomic E-state index is -0.575. The van der Waals surface area contributed by atoms with Crippen molar-refractivity contribution >= 4 is 5.91 Å². The molecule has 5 nitrogen and oxygen atoms in total. The van der Waals surface area contributed by atoms with Crippen LogP contribution in [0, 0.1) is 0 Å². The molecule has 1 aliphatic heterocycles. The number of amides is 1. The fraction of sp³-hybridized carbons (Fsp3) is 0.929. The van der Waals surface area contributed by atoms with Gasteiger partial charge in [-0.15, -0.1) is 0 Å². The average molecular weight is 270 g/mol. The topological polar surface area (TPSA) is 61.8 Å². The molecule has 2 rings (SSSR count). The van der Waals surface area contributed by atoms with Crippen LogP contribution < -0.4 is 5.32 Å². The number of rotatable bonds is 5. The third-order valence-electron chi connectivity index (χ3n) is 4.30. The number of hydrogen-bond donors (Lipinski definition) is 2. The SMILES string of the molecule is CO[C@@H]1CCC[C@@H](NC(=O)CCN2CCCC2)[C@H]1O. The summed E-state index contributed by atoms with van der Waals surface area (Å²) in [6, 6.07) is -0.148. The van der Waals surface area contributed by atoms with Crippen molar-refractivity contribution in [3.05, 3.63) is 0 Å². The summed E-state index contributed by atoms with van der Waals surface area (Å²) in [5.41, 5.74) is 0. The molecule has 3 atom stereocenters. The molecule has 0 aromatic heterocycles. The maximum atomic E-state index is 11.9. The van der Waals surface area contributed by atoms with Gasteiger partial charge in [0.2, 0.25) is 5.91 Å². The number of ether oxygens (including phenoxy) is 1. The molecule has 2 fully saturated rings. The van der Waals surface area contributed by atoms with Crippen LogP contribution in [-0.2, 0) is 9.53 Å². The van der Waals surface area contributed by atoms with Crippen LogP contribution in [0.15, 0.2) is 0 Å². The zero-order valence-corrected chi connectivity index (χ0v) is 11.8. The van der Waals surface area contributed by atoms with Crippen molar-refractivity contribution in [1.29, 1.82) is 0 Å². The van der Waals surface area contributed by atoms with E-state index >= 15 is 0 Å². The minimum Gasteiger partial charge on any atom is -0.388 e. The fourth-order valence-electron chi connectivity index (χ4n) is 3.10. The monoisotopic (exact) mass is 270 g/mol. The molecular weight excluding hydrogens is 244 g/mol. The largest absolute Gasteiger partial charge is 0.388 e. The lowest BCUT2D eigenvalue weighted by molar-refractivity contribution is -0.125. The van der Waals surface area contributed by atoms with Crippen molar-refractivity contribution in [2.24, 2.45) is 0 Å². The molecule has 19 heavy (non-hydrogen) atoms. The molecular formula is C14H26N2O3. The Bertz CT molecular complexity index is 292. The van der Waals surface area contributed by atoms with E-state index in [2.05, 4.69) is 10.2 Å². The van der Waals surface area contributed by atoms with E-state index in [4.69, 9.17) is 4.74 Å². The highest BCUT2D eigenvalue weighted by Crippen LogP contribution is 2.21. The highest BCUT2D eigenvalue weighted by molar-refractivity contribution is 5.76. The van der Waals surface area contributed by atoms with E-state index in [1.54, 1.807) is 7.11 Å². The molecule has 0 spiro atoms. The lowest BCUT2D eigenvalue weighted by Gasteiger charge is -2.34. The summed E-state index contributed by atoms with van der Waals surface area (Å²) in [6.45, 7) is 3.07. The van der Waals surface area contributed by atoms with Crippen molar-refractivity contribution in [3.8, 4) is 0 Å². The average Bonchev–Trinajstić information content (AvgIpc) is 2.92. The number of carbonyl (C=O) groups excluding carboxylic acids is 1. The molecule has 1 amide bonds. The van der Waals surface area contributed by atoms with Gasteiger partial charge >= 0.3 is 0 Å². The van der Waals surface area contributed by atoms with Crippen LogP contribution >= 0.6 is 0 Å². The van der Waals surface area contributed by atoms with E-state index in [1.165, 1.54) is 12.8 Å². The number of methoxy groups -OCH3 is 1. The number of nitrogens with zero attached hydrogens (tertiary/aromatic N) is 1. The summed E-state index contributed by atoms with van der Waals surface area (Å²) in [5, 5.41) is 13.1. The molecule has 0 aromatic carbocycles. The van der Waals surface area contributed by atoms with Crippen LogP contribution in [0.25, 0.3) is 0 Å². The summed E-state index contributed by atoms with van der Waals surface area (Å²) in [7, 11) is 1.62. The van der Waals surface area contributed by atoms with E-state index in [9.17, 15) is 9.90 Å². The van der Waals surface area contributed by atoms with E-state index in [0.29, 0.717) is 6.42 Å². The van der Waals surface area contributed by atoms with Gasteiger partial charge in [-0.05, 0) is 45.2 Å². The zero-order chi connectivity index (χ0) is 13.7. The molecule has 2 aliphatic rings. The first kappa shape index (κ1) is 14.8. The van der Waals surface area contributed by atoms with Crippen LogP contribution in [-0.4, -0.2) is 60.9 Å². The van der Waals surface area contributed by atoms with Crippen molar-refractivity contribution in [2.45, 2.75) is 56.8 Å². The van der Waals surface area contributed by atoms with Gasteiger partial charge in [-0.2, -0.15) is 0 Å². The second-order valence-electron chi connectivity index (χ2n) is 5.67. The summed E-state index contributed by atoms with van der Waals surface area (Å²) in [5.74, 6) is 0.0488. The highest BCUT2D eigenvalue weighted by Gasteiger charge is 2.32. The van der Waals surface area contributed by atoms with Gasteiger partial charge in [-0.25, -0.2) is 0 Å². The molecule has 2 N–H and O–H groups in total. The predicted octanol–water partition coefficient (Wildman–Crippen LogP) is 0.517. The Kier molecular flexibility index (Phi) is 5.60. The molecule has 1 saturated heterocycles. The van der Waals surface area contributed by atoms with E-state index in [1.807, 2.05) is 0 Å². The zero-order valence-electron chi connectivity index (χ0n) is 11.8. The van der Waals surface area contributed by atoms with Crippen LogP contribution in [0.2, 0.25) is 0 Å². The Morgan fingerprint density at radius 2 is 2.05 bits per heavy atom. The summed E-state index contributed by atoms with van der Waals surface area (Å²) in [4.78, 5) is 14.2. The number of hydrogen-bond acceptors (Lipinski definition) is 4. The molecule has 1 heterocycles. The third-order valence-corrected chi connectivity index (χ3v) is 4.30. The number of aliphatic hydroxyl groups is 1. The number of aliphatic hydroxyl groups excluding tert-OH is 1. The first-order valence-electron chi connectivity index (χ1n) is 7.43. The molecule has 1 aliphatic carbocycles. The maximum Gasteiger partial charge on any atom is 0.221 e. The molecule has 0 radical (unpaired) electrons. The lowest BCUT2D eigenvalue weighted by atomic mass is 9.90.